The molecule has 2 rings (SSSR count). The average Bonchev–Trinajstić information content (AvgIpc) is 2.62. The molecule has 112 valence electrons. The summed E-state index contributed by atoms with van der Waals surface area (Å²) in [6.07, 6.45) is 4.82. The molecule has 1 aromatic carbocycles. The fraction of sp³-hybridized carbons (Fsp3) is 0.571. The van der Waals surface area contributed by atoms with Crippen LogP contribution in [0.25, 0.3) is 0 Å². The molecular formula is C14H23N3O2S. The van der Waals surface area contributed by atoms with Gasteiger partial charge in [-0.2, -0.15) is 0 Å². The van der Waals surface area contributed by atoms with Crippen LogP contribution in [0, 0.1) is 5.92 Å². The second kappa shape index (κ2) is 6.01. The minimum Gasteiger partial charge on any atom is -0.398 e. The molecule has 4 N–H and O–H groups in total. The molecular weight excluding hydrogens is 274 g/mol. The van der Waals surface area contributed by atoms with E-state index in [1.807, 2.05) is 0 Å². The van der Waals surface area contributed by atoms with E-state index in [9.17, 15) is 8.42 Å². The first-order chi connectivity index (χ1) is 9.41. The average molecular weight is 297 g/mol. The Balaban J connectivity index is 2.19. The van der Waals surface area contributed by atoms with Crippen molar-refractivity contribution < 1.29 is 8.42 Å². The maximum absolute atomic E-state index is 11.4. The molecule has 0 aromatic heterocycles. The summed E-state index contributed by atoms with van der Waals surface area (Å²) in [4.78, 5) is 2.28. The first kappa shape index (κ1) is 15.1. The lowest BCUT2D eigenvalue weighted by atomic mass is 9.98. The zero-order chi connectivity index (χ0) is 14.8. The van der Waals surface area contributed by atoms with Crippen LogP contribution in [0.2, 0.25) is 0 Å². The van der Waals surface area contributed by atoms with E-state index in [1.54, 1.807) is 12.1 Å². The lowest BCUT2D eigenvalue weighted by molar-refractivity contribution is 0.459. The normalized spacial score (nSPS) is 20.7. The molecule has 5 nitrogen and oxygen atoms in total. The van der Waals surface area contributed by atoms with Crippen molar-refractivity contribution in [1.29, 1.82) is 0 Å². The Bertz CT molecular complexity index is 572. The van der Waals surface area contributed by atoms with E-state index in [-0.39, 0.29) is 10.6 Å². The Labute approximate surface area is 121 Å². The van der Waals surface area contributed by atoms with Crippen LogP contribution in [0.3, 0.4) is 0 Å². The smallest absolute Gasteiger partial charge is 0.240 e. The van der Waals surface area contributed by atoms with E-state index in [4.69, 9.17) is 10.9 Å². The van der Waals surface area contributed by atoms with E-state index in [0.29, 0.717) is 0 Å². The van der Waals surface area contributed by atoms with Gasteiger partial charge in [0.2, 0.25) is 10.0 Å². The fourth-order valence-corrected chi connectivity index (χ4v) is 3.47. The molecule has 1 heterocycles. The SMILES string of the molecule is CCC1CCCN(c2ccc(S(N)(=O)=O)c(N)c2)CC1. The van der Waals surface area contributed by atoms with Crippen LogP contribution in [0.1, 0.15) is 32.6 Å². The highest BCUT2D eigenvalue weighted by molar-refractivity contribution is 7.89. The molecule has 1 aliphatic rings. The molecule has 20 heavy (non-hydrogen) atoms. The molecule has 1 saturated heterocycles. The molecule has 1 aliphatic heterocycles. The first-order valence-electron chi connectivity index (χ1n) is 7.09. The van der Waals surface area contributed by atoms with Gasteiger partial charge in [-0.1, -0.05) is 13.3 Å². The minimum atomic E-state index is -3.74. The predicted octanol–water partition coefficient (Wildman–Crippen LogP) is 1.93. The van der Waals surface area contributed by atoms with Crippen LogP contribution < -0.4 is 15.8 Å². The summed E-state index contributed by atoms with van der Waals surface area (Å²) in [5, 5.41) is 5.13. The van der Waals surface area contributed by atoms with Crippen molar-refractivity contribution in [3.8, 4) is 0 Å². The second-order valence-electron chi connectivity index (χ2n) is 5.46. The summed E-state index contributed by atoms with van der Waals surface area (Å²) in [5.41, 5.74) is 7.02. The number of rotatable bonds is 3. The number of primary sulfonamides is 1. The van der Waals surface area contributed by atoms with Gasteiger partial charge in [0, 0.05) is 18.8 Å². The summed E-state index contributed by atoms with van der Waals surface area (Å²) in [5.74, 6) is 0.793. The van der Waals surface area contributed by atoms with Gasteiger partial charge in [0.15, 0.2) is 0 Å². The van der Waals surface area contributed by atoms with Gasteiger partial charge in [0.1, 0.15) is 4.90 Å². The zero-order valence-electron chi connectivity index (χ0n) is 11.9. The number of nitrogens with two attached hydrogens (primary N) is 2. The van der Waals surface area contributed by atoms with Gasteiger partial charge in [-0.3, -0.25) is 0 Å². The number of sulfonamides is 1. The maximum Gasteiger partial charge on any atom is 0.240 e. The number of hydrogen-bond donors (Lipinski definition) is 2. The third kappa shape index (κ3) is 3.43. The van der Waals surface area contributed by atoms with E-state index in [2.05, 4.69) is 11.8 Å². The quantitative estimate of drug-likeness (QED) is 0.834. The van der Waals surface area contributed by atoms with Crippen molar-refractivity contribution in [2.45, 2.75) is 37.5 Å². The highest BCUT2D eigenvalue weighted by atomic mass is 32.2. The van der Waals surface area contributed by atoms with Gasteiger partial charge in [-0.15, -0.1) is 0 Å². The summed E-state index contributed by atoms with van der Waals surface area (Å²) in [6.45, 7) is 4.22. The van der Waals surface area contributed by atoms with E-state index < -0.39 is 10.0 Å². The fourth-order valence-electron chi connectivity index (χ4n) is 2.82. The van der Waals surface area contributed by atoms with E-state index >= 15 is 0 Å². The minimum absolute atomic E-state index is 0.00232. The van der Waals surface area contributed by atoms with Crippen LogP contribution >= 0.6 is 0 Å². The molecule has 0 amide bonds. The molecule has 1 fully saturated rings. The summed E-state index contributed by atoms with van der Waals surface area (Å²) in [6, 6.07) is 5.01. The highest BCUT2D eigenvalue weighted by Gasteiger charge is 2.18. The molecule has 6 heteroatoms. The first-order valence-corrected chi connectivity index (χ1v) is 8.63. The van der Waals surface area contributed by atoms with Crippen molar-refractivity contribution in [3.05, 3.63) is 18.2 Å². The Kier molecular flexibility index (Phi) is 4.55. The van der Waals surface area contributed by atoms with E-state index in [1.165, 1.54) is 25.3 Å². The van der Waals surface area contributed by atoms with Crippen LogP contribution in [-0.2, 0) is 10.0 Å². The largest absolute Gasteiger partial charge is 0.398 e. The van der Waals surface area contributed by atoms with Gasteiger partial charge in [-0.05, 0) is 43.4 Å². The standard InChI is InChI=1S/C14H23N3O2S/c1-2-11-4-3-8-17(9-7-11)12-5-6-14(13(15)10-12)20(16,18)19/h5-6,10-11H,2-4,7-9,15H2,1H3,(H2,16,18,19). The highest BCUT2D eigenvalue weighted by Crippen LogP contribution is 2.28. The lowest BCUT2D eigenvalue weighted by Gasteiger charge is -2.23. The van der Waals surface area contributed by atoms with Crippen LogP contribution in [0.4, 0.5) is 11.4 Å². The van der Waals surface area contributed by atoms with Crippen LogP contribution in [0.15, 0.2) is 23.1 Å². The molecule has 1 aromatic rings. The van der Waals surface area contributed by atoms with Gasteiger partial charge >= 0.3 is 0 Å². The second-order valence-corrected chi connectivity index (χ2v) is 6.99. The van der Waals surface area contributed by atoms with Crippen LogP contribution in [-0.4, -0.2) is 21.5 Å². The van der Waals surface area contributed by atoms with Crippen molar-refractivity contribution >= 4 is 21.4 Å². The third-order valence-electron chi connectivity index (χ3n) is 4.09. The lowest BCUT2D eigenvalue weighted by Crippen LogP contribution is -2.24. The predicted molar refractivity (Wildman–Crippen MR) is 82.1 cm³/mol. The zero-order valence-corrected chi connectivity index (χ0v) is 12.7. The van der Waals surface area contributed by atoms with Gasteiger partial charge in [0.05, 0.1) is 5.69 Å². The van der Waals surface area contributed by atoms with Gasteiger partial charge in [0.25, 0.3) is 0 Å². The molecule has 0 radical (unpaired) electrons. The van der Waals surface area contributed by atoms with Crippen molar-refractivity contribution in [1.82, 2.24) is 0 Å². The Morgan fingerprint density at radius 1 is 1.30 bits per heavy atom. The monoisotopic (exact) mass is 297 g/mol. The maximum atomic E-state index is 11.4. The molecule has 0 spiro atoms. The molecule has 0 aliphatic carbocycles. The summed E-state index contributed by atoms with van der Waals surface area (Å²) in [7, 11) is -3.74. The van der Waals surface area contributed by atoms with Gasteiger partial charge < -0.3 is 10.6 Å². The van der Waals surface area contributed by atoms with Crippen LogP contribution in [0.5, 0.6) is 0 Å². The Morgan fingerprint density at radius 3 is 2.65 bits per heavy atom. The number of nitrogens with zero attached hydrogens (tertiary/aromatic N) is 1. The van der Waals surface area contributed by atoms with Crippen molar-refractivity contribution in [3.63, 3.8) is 0 Å². The number of nitrogen functional groups attached to an aromatic ring is 1. The van der Waals surface area contributed by atoms with Crippen molar-refractivity contribution in [2.75, 3.05) is 23.7 Å². The summed E-state index contributed by atoms with van der Waals surface area (Å²) < 4.78 is 22.7. The van der Waals surface area contributed by atoms with Gasteiger partial charge in [-0.25, -0.2) is 13.6 Å². The molecule has 1 atom stereocenters. The number of anilines is 2. The molecule has 0 saturated carbocycles. The van der Waals surface area contributed by atoms with Crippen molar-refractivity contribution in [2.24, 2.45) is 11.1 Å². The molecule has 1 unspecified atom stereocenters. The molecule has 0 bridgehead atoms. The summed E-state index contributed by atoms with van der Waals surface area (Å²) >= 11 is 0. The Morgan fingerprint density at radius 2 is 2.05 bits per heavy atom. The number of hydrogen-bond acceptors (Lipinski definition) is 4. The number of benzene rings is 1. The third-order valence-corrected chi connectivity index (χ3v) is 5.07. The Hall–Kier alpha value is -1.27. The van der Waals surface area contributed by atoms with E-state index in [0.717, 1.165) is 31.1 Å². The topological polar surface area (TPSA) is 89.4 Å².